The highest BCUT2D eigenvalue weighted by atomic mass is 16.7. The van der Waals surface area contributed by atoms with Gasteiger partial charge in [0, 0.05) is 6.92 Å². The Labute approximate surface area is 211 Å². The van der Waals surface area contributed by atoms with Crippen LogP contribution in [0, 0.1) is 0 Å². The molecule has 3 aromatic rings. The molecule has 1 aliphatic rings. The first-order valence-electron chi connectivity index (χ1n) is 12.0. The lowest BCUT2D eigenvalue weighted by Crippen LogP contribution is -2.61. The molecule has 5 atom stereocenters. The summed E-state index contributed by atoms with van der Waals surface area (Å²) in [6, 6.07) is 29.2. The van der Waals surface area contributed by atoms with Gasteiger partial charge in [-0.25, -0.2) is 0 Å². The fourth-order valence-electron chi connectivity index (χ4n) is 4.10. The van der Waals surface area contributed by atoms with E-state index in [1.54, 1.807) is 0 Å². The fraction of sp³-hybridized carbons (Fsp3) is 0.345. The lowest BCUT2D eigenvalue weighted by atomic mass is 9.98. The van der Waals surface area contributed by atoms with Crippen molar-refractivity contribution in [2.24, 2.45) is 0 Å². The van der Waals surface area contributed by atoms with Crippen molar-refractivity contribution in [2.75, 3.05) is 6.61 Å². The van der Waals surface area contributed by atoms with E-state index < -0.39 is 36.7 Å². The van der Waals surface area contributed by atoms with Crippen LogP contribution in [0.4, 0.5) is 0 Å². The number of hydrogen-bond donors (Lipinski definition) is 1. The van der Waals surface area contributed by atoms with Gasteiger partial charge in [0.25, 0.3) is 0 Å². The summed E-state index contributed by atoms with van der Waals surface area (Å²) in [4.78, 5) is 11.5. The Hall–Kier alpha value is -3.07. The minimum atomic E-state index is -1.30. The Morgan fingerprint density at radius 1 is 0.694 bits per heavy atom. The number of carbonyl (C=O) groups excluding carboxylic acids is 1. The maximum absolute atomic E-state index is 11.5. The van der Waals surface area contributed by atoms with Crippen LogP contribution in [0.5, 0.6) is 0 Å². The molecule has 7 heteroatoms. The van der Waals surface area contributed by atoms with Gasteiger partial charge in [-0.15, -0.1) is 0 Å². The predicted molar refractivity (Wildman–Crippen MR) is 133 cm³/mol. The summed E-state index contributed by atoms with van der Waals surface area (Å²) in [6.07, 6.45) is -4.24. The van der Waals surface area contributed by atoms with E-state index in [0.717, 1.165) is 16.7 Å². The maximum atomic E-state index is 11.5. The third-order valence-electron chi connectivity index (χ3n) is 5.92. The third-order valence-corrected chi connectivity index (χ3v) is 5.92. The topological polar surface area (TPSA) is 83.5 Å². The molecule has 1 heterocycles. The molecule has 36 heavy (non-hydrogen) atoms. The zero-order valence-corrected chi connectivity index (χ0v) is 20.3. The molecule has 0 radical (unpaired) electrons. The predicted octanol–water partition coefficient (Wildman–Crippen LogP) is 4.02. The summed E-state index contributed by atoms with van der Waals surface area (Å²) >= 11 is 0. The van der Waals surface area contributed by atoms with Crippen LogP contribution >= 0.6 is 0 Å². The van der Waals surface area contributed by atoms with Crippen LogP contribution < -0.4 is 0 Å². The molecule has 4 rings (SSSR count). The van der Waals surface area contributed by atoms with Crippen molar-refractivity contribution in [2.45, 2.75) is 57.5 Å². The van der Waals surface area contributed by atoms with E-state index in [9.17, 15) is 9.90 Å². The van der Waals surface area contributed by atoms with Crippen molar-refractivity contribution in [1.29, 1.82) is 0 Å². The molecule has 0 aliphatic carbocycles. The number of aliphatic hydroxyl groups excluding tert-OH is 1. The van der Waals surface area contributed by atoms with Gasteiger partial charge >= 0.3 is 5.97 Å². The van der Waals surface area contributed by atoms with Crippen molar-refractivity contribution in [3.05, 3.63) is 108 Å². The number of carbonyl (C=O) groups is 1. The Morgan fingerprint density at radius 2 is 1.11 bits per heavy atom. The Morgan fingerprint density at radius 3 is 1.56 bits per heavy atom. The molecular formula is C29H32O7. The van der Waals surface area contributed by atoms with Gasteiger partial charge in [-0.05, 0) is 16.7 Å². The number of benzene rings is 3. The molecule has 0 aromatic heterocycles. The number of esters is 1. The first-order valence-corrected chi connectivity index (χ1v) is 12.0. The summed E-state index contributed by atoms with van der Waals surface area (Å²) in [7, 11) is 0. The van der Waals surface area contributed by atoms with Gasteiger partial charge in [-0.1, -0.05) is 91.0 Å². The first-order chi connectivity index (χ1) is 17.6. The highest BCUT2D eigenvalue weighted by molar-refractivity contribution is 5.65. The third kappa shape index (κ3) is 7.46. The van der Waals surface area contributed by atoms with Crippen LogP contribution in [-0.2, 0) is 48.3 Å². The lowest BCUT2D eigenvalue weighted by Gasteiger charge is -2.44. The standard InChI is InChI=1S/C29H32O7/c1-21(30)32-20-25-26(33-17-22-11-5-2-6-12-22)27(34-18-23-13-7-3-8-14-23)28(29(31)36-25)35-19-24-15-9-4-10-16-24/h2-16,25-29,31H,17-20H2,1H3/t25-,26-,27+,28+,29?/m1/s1. The van der Waals surface area contributed by atoms with Crippen molar-refractivity contribution in [3.8, 4) is 0 Å². The zero-order chi connectivity index (χ0) is 25.2. The van der Waals surface area contributed by atoms with Gasteiger partial charge in [0.05, 0.1) is 19.8 Å². The van der Waals surface area contributed by atoms with Crippen LogP contribution in [-0.4, -0.2) is 48.4 Å². The largest absolute Gasteiger partial charge is 0.463 e. The second kappa shape index (κ2) is 13.3. The Balaban J connectivity index is 1.57. The number of rotatable bonds is 11. The molecule has 1 fully saturated rings. The molecule has 1 aliphatic heterocycles. The van der Waals surface area contributed by atoms with E-state index in [1.165, 1.54) is 6.92 Å². The highest BCUT2D eigenvalue weighted by Gasteiger charge is 2.48. The van der Waals surface area contributed by atoms with Crippen molar-refractivity contribution in [1.82, 2.24) is 0 Å². The summed E-state index contributed by atoms with van der Waals surface area (Å²) in [5.74, 6) is -0.445. The van der Waals surface area contributed by atoms with Crippen LogP contribution in [0.2, 0.25) is 0 Å². The molecule has 1 N–H and O–H groups in total. The molecule has 7 nitrogen and oxygen atoms in total. The monoisotopic (exact) mass is 492 g/mol. The van der Waals surface area contributed by atoms with E-state index in [1.807, 2.05) is 91.0 Å². The average Bonchev–Trinajstić information content (AvgIpc) is 2.91. The second-order valence-electron chi connectivity index (χ2n) is 8.65. The SMILES string of the molecule is CC(=O)OC[C@H]1OC(O)[C@@H](OCc2ccccc2)[C@@H](OCc2ccccc2)[C@@H]1OCc1ccccc1. The molecule has 1 saturated heterocycles. The van der Waals surface area contributed by atoms with Crippen molar-refractivity contribution in [3.63, 3.8) is 0 Å². The van der Waals surface area contributed by atoms with Gasteiger partial charge < -0.3 is 28.8 Å². The summed E-state index contributed by atoms with van der Waals surface area (Å²) < 4.78 is 29.9. The second-order valence-corrected chi connectivity index (χ2v) is 8.65. The average molecular weight is 493 g/mol. The molecule has 0 spiro atoms. The van der Waals surface area contributed by atoms with E-state index in [2.05, 4.69) is 0 Å². The zero-order valence-electron chi connectivity index (χ0n) is 20.3. The Kier molecular flexibility index (Phi) is 9.61. The molecule has 0 saturated carbocycles. The van der Waals surface area contributed by atoms with E-state index in [-0.39, 0.29) is 26.4 Å². The van der Waals surface area contributed by atoms with Gasteiger partial charge in [-0.3, -0.25) is 4.79 Å². The van der Waals surface area contributed by atoms with E-state index in [4.69, 9.17) is 23.7 Å². The van der Waals surface area contributed by atoms with E-state index in [0.29, 0.717) is 0 Å². The van der Waals surface area contributed by atoms with Crippen LogP contribution in [0.15, 0.2) is 91.0 Å². The summed E-state index contributed by atoms with van der Waals surface area (Å²) in [5, 5.41) is 10.9. The fourth-order valence-corrected chi connectivity index (χ4v) is 4.10. The minimum absolute atomic E-state index is 0.0809. The molecule has 0 amide bonds. The minimum Gasteiger partial charge on any atom is -0.463 e. The lowest BCUT2D eigenvalue weighted by molar-refractivity contribution is -0.315. The van der Waals surface area contributed by atoms with Gasteiger partial charge in [0.2, 0.25) is 0 Å². The number of hydrogen-bond acceptors (Lipinski definition) is 7. The summed E-state index contributed by atoms with van der Waals surface area (Å²) in [6.45, 7) is 2.08. The molecule has 1 unspecified atom stereocenters. The van der Waals surface area contributed by atoms with Crippen molar-refractivity contribution < 1.29 is 33.6 Å². The highest BCUT2D eigenvalue weighted by Crippen LogP contribution is 2.30. The molecule has 0 bridgehead atoms. The number of ether oxygens (including phenoxy) is 5. The smallest absolute Gasteiger partial charge is 0.302 e. The maximum Gasteiger partial charge on any atom is 0.302 e. The van der Waals surface area contributed by atoms with Crippen LogP contribution in [0.1, 0.15) is 23.6 Å². The van der Waals surface area contributed by atoms with E-state index >= 15 is 0 Å². The quantitative estimate of drug-likeness (QED) is 0.405. The summed E-state index contributed by atoms with van der Waals surface area (Å²) in [5.41, 5.74) is 2.90. The molecule has 190 valence electrons. The number of aliphatic hydroxyl groups is 1. The van der Waals surface area contributed by atoms with Gasteiger partial charge in [0.15, 0.2) is 6.29 Å². The van der Waals surface area contributed by atoms with Gasteiger partial charge in [0.1, 0.15) is 31.0 Å². The molecular weight excluding hydrogens is 460 g/mol. The first kappa shape index (κ1) is 26.0. The van der Waals surface area contributed by atoms with Gasteiger partial charge in [-0.2, -0.15) is 0 Å². The molecule has 3 aromatic carbocycles. The van der Waals surface area contributed by atoms with Crippen LogP contribution in [0.25, 0.3) is 0 Å². The Bertz CT molecular complexity index is 1040. The normalized spacial score (nSPS) is 23.8. The van der Waals surface area contributed by atoms with Crippen molar-refractivity contribution >= 4 is 5.97 Å². The van der Waals surface area contributed by atoms with Crippen LogP contribution in [0.3, 0.4) is 0 Å².